The predicted octanol–water partition coefficient (Wildman–Crippen LogP) is 1.68. The molecule has 1 N–H and O–H groups in total. The van der Waals surface area contributed by atoms with E-state index >= 15 is 0 Å². The van der Waals surface area contributed by atoms with Crippen LogP contribution in [0.4, 0.5) is 0 Å². The van der Waals surface area contributed by atoms with E-state index < -0.39 is 10.0 Å². The van der Waals surface area contributed by atoms with Crippen LogP contribution in [0, 0.1) is 11.8 Å². The highest BCUT2D eigenvalue weighted by molar-refractivity contribution is 7.89. The van der Waals surface area contributed by atoms with E-state index in [1.807, 2.05) is 19.2 Å². The van der Waals surface area contributed by atoms with Crippen molar-refractivity contribution in [2.45, 2.75) is 25.3 Å². The lowest BCUT2D eigenvalue weighted by Gasteiger charge is -2.16. The monoisotopic (exact) mass is 282 g/mol. The lowest BCUT2D eigenvalue weighted by Crippen LogP contribution is -2.29. The summed E-state index contributed by atoms with van der Waals surface area (Å²) in [5, 5.41) is 3.04. The molecule has 0 saturated carbocycles. The lowest BCUT2D eigenvalue weighted by atomic mass is 10.0. The van der Waals surface area contributed by atoms with Gasteiger partial charge in [0.2, 0.25) is 10.0 Å². The van der Waals surface area contributed by atoms with Gasteiger partial charge in [0, 0.05) is 19.6 Å². The predicted molar refractivity (Wildman–Crippen MR) is 76.3 cm³/mol. The van der Waals surface area contributed by atoms with E-state index in [0.717, 1.165) is 5.56 Å². The normalized spacial score (nSPS) is 24.8. The van der Waals surface area contributed by atoms with Crippen LogP contribution in [0.15, 0.2) is 29.2 Å². The van der Waals surface area contributed by atoms with Crippen molar-refractivity contribution in [1.82, 2.24) is 9.62 Å². The van der Waals surface area contributed by atoms with Gasteiger partial charge < -0.3 is 5.32 Å². The van der Waals surface area contributed by atoms with E-state index in [0.29, 0.717) is 36.4 Å². The molecule has 1 aromatic rings. The summed E-state index contributed by atoms with van der Waals surface area (Å²) < 4.78 is 26.8. The van der Waals surface area contributed by atoms with Crippen molar-refractivity contribution in [3.63, 3.8) is 0 Å². The fourth-order valence-corrected chi connectivity index (χ4v) is 4.15. The number of nitrogens with zero attached hydrogens (tertiary/aromatic N) is 1. The maximum atomic E-state index is 12.6. The second-order valence-electron chi connectivity index (χ2n) is 5.45. The molecule has 0 bridgehead atoms. The maximum absolute atomic E-state index is 12.6. The molecule has 0 radical (unpaired) electrons. The molecule has 0 spiro atoms. The summed E-state index contributed by atoms with van der Waals surface area (Å²) >= 11 is 0. The molecule has 1 heterocycles. The number of nitrogens with one attached hydrogen (secondary N) is 1. The van der Waals surface area contributed by atoms with E-state index in [1.165, 1.54) is 0 Å². The third-order valence-electron chi connectivity index (χ3n) is 3.87. The van der Waals surface area contributed by atoms with E-state index in [1.54, 1.807) is 16.4 Å². The second kappa shape index (κ2) is 5.61. The SMILES string of the molecule is CNCc1cccc(S(=O)(=O)N2CC(C)C(C)C2)c1. The first-order valence-electron chi connectivity index (χ1n) is 6.69. The number of benzene rings is 1. The van der Waals surface area contributed by atoms with Crippen LogP contribution in [0.5, 0.6) is 0 Å². The van der Waals surface area contributed by atoms with Gasteiger partial charge in [0.15, 0.2) is 0 Å². The molecule has 5 heteroatoms. The Hall–Kier alpha value is -0.910. The Kier molecular flexibility index (Phi) is 4.28. The van der Waals surface area contributed by atoms with E-state index in [2.05, 4.69) is 19.2 Å². The summed E-state index contributed by atoms with van der Waals surface area (Å²) in [6.07, 6.45) is 0. The Morgan fingerprint density at radius 1 is 1.26 bits per heavy atom. The molecule has 1 aliphatic rings. The topological polar surface area (TPSA) is 49.4 Å². The summed E-state index contributed by atoms with van der Waals surface area (Å²) in [5.74, 6) is 0.852. The van der Waals surface area contributed by atoms with Crippen molar-refractivity contribution < 1.29 is 8.42 Å². The van der Waals surface area contributed by atoms with Crippen molar-refractivity contribution >= 4 is 10.0 Å². The van der Waals surface area contributed by atoms with Gasteiger partial charge in [0.25, 0.3) is 0 Å². The lowest BCUT2D eigenvalue weighted by molar-refractivity contribution is 0.463. The molecule has 0 aliphatic carbocycles. The van der Waals surface area contributed by atoms with Gasteiger partial charge in [-0.05, 0) is 36.6 Å². The Bertz CT molecular complexity index is 532. The molecule has 1 aromatic carbocycles. The van der Waals surface area contributed by atoms with Gasteiger partial charge in [-0.1, -0.05) is 26.0 Å². The zero-order valence-corrected chi connectivity index (χ0v) is 12.6. The molecule has 0 amide bonds. The first-order chi connectivity index (χ1) is 8.95. The molecule has 1 saturated heterocycles. The highest BCUT2D eigenvalue weighted by Gasteiger charge is 2.34. The van der Waals surface area contributed by atoms with Crippen LogP contribution in [0.25, 0.3) is 0 Å². The molecular weight excluding hydrogens is 260 g/mol. The molecule has 19 heavy (non-hydrogen) atoms. The Balaban J connectivity index is 2.27. The van der Waals surface area contributed by atoms with Crippen molar-refractivity contribution in [3.8, 4) is 0 Å². The van der Waals surface area contributed by atoms with Crippen LogP contribution in [-0.4, -0.2) is 32.9 Å². The quantitative estimate of drug-likeness (QED) is 0.914. The van der Waals surface area contributed by atoms with Gasteiger partial charge in [0.1, 0.15) is 0 Å². The minimum absolute atomic E-state index is 0.404. The van der Waals surface area contributed by atoms with Crippen LogP contribution >= 0.6 is 0 Å². The van der Waals surface area contributed by atoms with Crippen molar-refractivity contribution in [3.05, 3.63) is 29.8 Å². The van der Waals surface area contributed by atoms with Crippen LogP contribution in [0.2, 0.25) is 0 Å². The summed E-state index contributed by atoms with van der Waals surface area (Å²) in [6.45, 7) is 6.14. The molecule has 2 unspecified atom stereocenters. The van der Waals surface area contributed by atoms with Crippen LogP contribution < -0.4 is 5.32 Å². The highest BCUT2D eigenvalue weighted by Crippen LogP contribution is 2.28. The number of hydrogen-bond acceptors (Lipinski definition) is 3. The summed E-state index contributed by atoms with van der Waals surface area (Å²) in [6, 6.07) is 7.19. The zero-order valence-electron chi connectivity index (χ0n) is 11.8. The van der Waals surface area contributed by atoms with Crippen LogP contribution in [-0.2, 0) is 16.6 Å². The highest BCUT2D eigenvalue weighted by atomic mass is 32.2. The average molecular weight is 282 g/mol. The van der Waals surface area contributed by atoms with Crippen molar-refractivity contribution in [2.75, 3.05) is 20.1 Å². The smallest absolute Gasteiger partial charge is 0.243 e. The standard InChI is InChI=1S/C14H22N2O2S/c1-11-9-16(10-12(11)2)19(17,18)14-6-4-5-13(7-14)8-15-3/h4-7,11-12,15H,8-10H2,1-3H3. The Labute approximate surface area is 115 Å². The minimum Gasteiger partial charge on any atom is -0.316 e. The fourth-order valence-electron chi connectivity index (χ4n) is 2.44. The van der Waals surface area contributed by atoms with Gasteiger partial charge in [-0.2, -0.15) is 4.31 Å². The van der Waals surface area contributed by atoms with Crippen molar-refractivity contribution in [1.29, 1.82) is 0 Å². The molecule has 0 aromatic heterocycles. The van der Waals surface area contributed by atoms with E-state index in [-0.39, 0.29) is 0 Å². The van der Waals surface area contributed by atoms with E-state index in [9.17, 15) is 8.42 Å². The third kappa shape index (κ3) is 2.99. The minimum atomic E-state index is -3.34. The molecule has 106 valence electrons. The molecule has 2 rings (SSSR count). The van der Waals surface area contributed by atoms with Crippen LogP contribution in [0.1, 0.15) is 19.4 Å². The third-order valence-corrected chi connectivity index (χ3v) is 5.70. The first kappa shape index (κ1) is 14.5. The molecule has 2 atom stereocenters. The summed E-state index contributed by atoms with van der Waals surface area (Å²) in [5.41, 5.74) is 0.990. The zero-order chi connectivity index (χ0) is 14.0. The Morgan fingerprint density at radius 3 is 2.47 bits per heavy atom. The van der Waals surface area contributed by atoms with Crippen molar-refractivity contribution in [2.24, 2.45) is 11.8 Å². The van der Waals surface area contributed by atoms with Gasteiger partial charge in [0.05, 0.1) is 4.90 Å². The van der Waals surface area contributed by atoms with Gasteiger partial charge in [-0.25, -0.2) is 8.42 Å². The van der Waals surface area contributed by atoms with Crippen LogP contribution in [0.3, 0.4) is 0 Å². The summed E-state index contributed by atoms with van der Waals surface area (Å²) in [7, 11) is -1.49. The van der Waals surface area contributed by atoms with E-state index in [4.69, 9.17) is 0 Å². The number of sulfonamides is 1. The average Bonchev–Trinajstić information content (AvgIpc) is 2.71. The first-order valence-corrected chi connectivity index (χ1v) is 8.13. The maximum Gasteiger partial charge on any atom is 0.243 e. The number of rotatable bonds is 4. The van der Waals surface area contributed by atoms with Gasteiger partial charge in [-0.15, -0.1) is 0 Å². The summed E-state index contributed by atoms with van der Waals surface area (Å²) in [4.78, 5) is 0.404. The molecule has 1 aliphatic heterocycles. The van der Waals surface area contributed by atoms with Gasteiger partial charge >= 0.3 is 0 Å². The second-order valence-corrected chi connectivity index (χ2v) is 7.39. The number of hydrogen-bond donors (Lipinski definition) is 1. The largest absolute Gasteiger partial charge is 0.316 e. The fraction of sp³-hybridized carbons (Fsp3) is 0.571. The Morgan fingerprint density at radius 2 is 1.89 bits per heavy atom. The molecular formula is C14H22N2O2S. The molecule has 4 nitrogen and oxygen atoms in total. The molecule has 1 fully saturated rings. The van der Waals surface area contributed by atoms with Gasteiger partial charge in [-0.3, -0.25) is 0 Å².